The fourth-order valence-corrected chi connectivity index (χ4v) is 1.53. The van der Waals surface area contributed by atoms with Crippen molar-refractivity contribution in [2.24, 2.45) is 0 Å². The van der Waals surface area contributed by atoms with Gasteiger partial charge < -0.3 is 25.4 Å². The van der Waals surface area contributed by atoms with E-state index in [0.29, 0.717) is 34.9 Å². The summed E-state index contributed by atoms with van der Waals surface area (Å²) in [5.74, 6) is 0.921. The van der Waals surface area contributed by atoms with E-state index in [1.54, 1.807) is 6.07 Å². The van der Waals surface area contributed by atoms with E-state index in [2.05, 4.69) is 4.98 Å². The summed E-state index contributed by atoms with van der Waals surface area (Å²) in [7, 11) is 1.51. The highest BCUT2D eigenvalue weighted by molar-refractivity contribution is 5.90. The molecule has 0 amide bonds. The lowest BCUT2D eigenvalue weighted by molar-refractivity contribution is 0.339. The molecule has 1 heterocycles. The monoisotopic (exact) mass is 223 g/mol. The zero-order valence-corrected chi connectivity index (χ0v) is 9.11. The molecule has 6 heteroatoms. The third kappa shape index (κ3) is 1.48. The summed E-state index contributed by atoms with van der Waals surface area (Å²) in [6, 6.07) is 1.72. The maximum absolute atomic E-state index is 5.88. The van der Waals surface area contributed by atoms with E-state index in [1.807, 2.05) is 6.92 Å². The van der Waals surface area contributed by atoms with Crippen molar-refractivity contribution in [3.63, 3.8) is 0 Å². The molecule has 0 aliphatic heterocycles. The third-order valence-corrected chi connectivity index (χ3v) is 2.16. The van der Waals surface area contributed by atoms with Crippen molar-refractivity contribution < 1.29 is 13.9 Å². The fraction of sp³-hybridized carbons (Fsp3) is 0.300. The zero-order chi connectivity index (χ0) is 11.7. The molecule has 1 aromatic heterocycles. The Kier molecular flexibility index (Phi) is 2.47. The van der Waals surface area contributed by atoms with Gasteiger partial charge in [0.2, 0.25) is 0 Å². The normalized spacial score (nSPS) is 10.6. The molecule has 0 atom stereocenters. The number of benzene rings is 1. The van der Waals surface area contributed by atoms with Crippen LogP contribution in [0, 0.1) is 0 Å². The van der Waals surface area contributed by atoms with E-state index in [-0.39, 0.29) is 6.01 Å². The summed E-state index contributed by atoms with van der Waals surface area (Å²) in [5, 5.41) is 0. The maximum atomic E-state index is 5.88. The molecular formula is C10H13N3O3. The number of nitrogens with two attached hydrogens (primary N) is 2. The summed E-state index contributed by atoms with van der Waals surface area (Å²) in [6.07, 6.45) is 0. The highest BCUT2D eigenvalue weighted by Crippen LogP contribution is 2.39. The number of rotatable bonds is 3. The van der Waals surface area contributed by atoms with Gasteiger partial charge in [0.1, 0.15) is 11.4 Å². The first-order valence-electron chi connectivity index (χ1n) is 4.82. The second kappa shape index (κ2) is 3.80. The average Bonchev–Trinajstić information content (AvgIpc) is 2.60. The summed E-state index contributed by atoms with van der Waals surface area (Å²) in [5.41, 5.74) is 12.7. The van der Waals surface area contributed by atoms with E-state index in [1.165, 1.54) is 7.11 Å². The number of hydrogen-bond acceptors (Lipinski definition) is 6. The second-order valence-corrected chi connectivity index (χ2v) is 3.15. The Bertz CT molecular complexity index is 521. The Hall–Kier alpha value is -2.11. The van der Waals surface area contributed by atoms with Crippen molar-refractivity contribution in [3.8, 4) is 11.5 Å². The topological polar surface area (TPSA) is 96.5 Å². The second-order valence-electron chi connectivity index (χ2n) is 3.15. The molecule has 0 unspecified atom stereocenters. The minimum Gasteiger partial charge on any atom is -0.492 e. The van der Waals surface area contributed by atoms with Gasteiger partial charge in [-0.15, -0.1) is 0 Å². The number of fused-ring (bicyclic) bond motifs is 1. The lowest BCUT2D eigenvalue weighted by atomic mass is 10.2. The lowest BCUT2D eigenvalue weighted by Crippen LogP contribution is -2.00. The SMILES string of the molecule is CCOc1cc2oc(N)nc2c(OC)c1N. The average molecular weight is 223 g/mol. The molecule has 0 saturated carbocycles. The molecule has 0 bridgehead atoms. The molecule has 86 valence electrons. The van der Waals surface area contributed by atoms with Crippen molar-refractivity contribution in [2.45, 2.75) is 6.92 Å². The number of methoxy groups -OCH3 is 1. The summed E-state index contributed by atoms with van der Waals surface area (Å²) in [4.78, 5) is 4.00. The van der Waals surface area contributed by atoms with Crippen LogP contribution in [0.3, 0.4) is 0 Å². The van der Waals surface area contributed by atoms with Crippen molar-refractivity contribution in [1.82, 2.24) is 4.98 Å². The van der Waals surface area contributed by atoms with Crippen molar-refractivity contribution >= 4 is 22.8 Å². The smallest absolute Gasteiger partial charge is 0.293 e. The van der Waals surface area contributed by atoms with Crippen LogP contribution < -0.4 is 20.9 Å². The predicted molar refractivity (Wildman–Crippen MR) is 60.6 cm³/mol. The van der Waals surface area contributed by atoms with Crippen LogP contribution in [0.15, 0.2) is 10.5 Å². The molecule has 0 fully saturated rings. The van der Waals surface area contributed by atoms with Crippen LogP contribution in [0.25, 0.3) is 11.1 Å². The third-order valence-electron chi connectivity index (χ3n) is 2.16. The first-order chi connectivity index (χ1) is 7.67. The maximum Gasteiger partial charge on any atom is 0.293 e. The van der Waals surface area contributed by atoms with Crippen molar-refractivity contribution in [2.75, 3.05) is 25.2 Å². The molecule has 16 heavy (non-hydrogen) atoms. The largest absolute Gasteiger partial charge is 0.492 e. The minimum atomic E-state index is 0.0707. The van der Waals surface area contributed by atoms with Crippen LogP contribution in [0.4, 0.5) is 11.7 Å². The molecule has 1 aromatic carbocycles. The van der Waals surface area contributed by atoms with Crippen LogP contribution in [0.2, 0.25) is 0 Å². The summed E-state index contributed by atoms with van der Waals surface area (Å²) >= 11 is 0. The van der Waals surface area contributed by atoms with Crippen LogP contribution in [-0.2, 0) is 0 Å². The molecule has 0 aliphatic rings. The molecule has 0 radical (unpaired) electrons. The molecule has 0 spiro atoms. The van der Waals surface area contributed by atoms with Crippen molar-refractivity contribution in [3.05, 3.63) is 6.07 Å². The van der Waals surface area contributed by atoms with Gasteiger partial charge in [0, 0.05) is 6.07 Å². The van der Waals surface area contributed by atoms with E-state index >= 15 is 0 Å². The van der Waals surface area contributed by atoms with Gasteiger partial charge in [-0.25, -0.2) is 0 Å². The Balaban J connectivity index is 2.71. The van der Waals surface area contributed by atoms with Gasteiger partial charge in [0.15, 0.2) is 16.8 Å². The summed E-state index contributed by atoms with van der Waals surface area (Å²) in [6.45, 7) is 2.37. The molecule has 0 saturated heterocycles. The number of aromatic nitrogens is 1. The Labute approximate surface area is 92.1 Å². The lowest BCUT2D eigenvalue weighted by Gasteiger charge is -2.10. The molecule has 6 nitrogen and oxygen atoms in total. The van der Waals surface area contributed by atoms with Crippen LogP contribution >= 0.6 is 0 Å². The van der Waals surface area contributed by atoms with E-state index in [0.717, 1.165) is 0 Å². The molecular weight excluding hydrogens is 210 g/mol. The fourth-order valence-electron chi connectivity index (χ4n) is 1.53. The number of hydrogen-bond donors (Lipinski definition) is 2. The number of nitrogen functional groups attached to an aromatic ring is 2. The van der Waals surface area contributed by atoms with Crippen LogP contribution in [0.1, 0.15) is 6.92 Å². The summed E-state index contributed by atoms with van der Waals surface area (Å²) < 4.78 is 15.7. The van der Waals surface area contributed by atoms with Gasteiger partial charge in [-0.05, 0) is 6.92 Å². The molecule has 0 aliphatic carbocycles. The number of nitrogens with zero attached hydrogens (tertiary/aromatic N) is 1. The highest BCUT2D eigenvalue weighted by Gasteiger charge is 2.17. The first kappa shape index (κ1) is 10.4. The van der Waals surface area contributed by atoms with Gasteiger partial charge in [0.25, 0.3) is 6.01 Å². The Morgan fingerprint density at radius 2 is 2.19 bits per heavy atom. The first-order valence-corrected chi connectivity index (χ1v) is 4.82. The van der Waals surface area contributed by atoms with Gasteiger partial charge in [0.05, 0.1) is 13.7 Å². The molecule has 4 N–H and O–H groups in total. The molecule has 2 aromatic rings. The van der Waals surface area contributed by atoms with Gasteiger partial charge in [-0.1, -0.05) is 0 Å². The number of ether oxygens (including phenoxy) is 2. The van der Waals surface area contributed by atoms with Gasteiger partial charge >= 0.3 is 0 Å². The number of anilines is 2. The van der Waals surface area contributed by atoms with E-state index in [9.17, 15) is 0 Å². The van der Waals surface area contributed by atoms with Crippen LogP contribution in [-0.4, -0.2) is 18.7 Å². The zero-order valence-electron chi connectivity index (χ0n) is 9.11. The highest BCUT2D eigenvalue weighted by atomic mass is 16.5. The standard InChI is InChI=1S/C10H13N3O3/c1-3-15-5-4-6-8(13-10(12)16-6)9(14-2)7(5)11/h4H,3,11H2,1-2H3,(H2,12,13). The van der Waals surface area contributed by atoms with E-state index < -0.39 is 0 Å². The van der Waals surface area contributed by atoms with Crippen LogP contribution in [0.5, 0.6) is 11.5 Å². The molecule has 2 rings (SSSR count). The minimum absolute atomic E-state index is 0.0707. The quantitative estimate of drug-likeness (QED) is 0.763. The van der Waals surface area contributed by atoms with E-state index in [4.69, 9.17) is 25.4 Å². The predicted octanol–water partition coefficient (Wildman–Crippen LogP) is 1.40. The van der Waals surface area contributed by atoms with Gasteiger partial charge in [-0.3, -0.25) is 0 Å². The Morgan fingerprint density at radius 3 is 2.81 bits per heavy atom. The Morgan fingerprint density at radius 1 is 1.44 bits per heavy atom. The van der Waals surface area contributed by atoms with Gasteiger partial charge in [-0.2, -0.15) is 4.98 Å². The number of oxazole rings is 1. The van der Waals surface area contributed by atoms with Crippen molar-refractivity contribution in [1.29, 1.82) is 0 Å².